The summed E-state index contributed by atoms with van der Waals surface area (Å²) in [4.78, 5) is 12.2. The second-order valence-electron chi connectivity index (χ2n) is 5.00. The highest BCUT2D eigenvalue weighted by atomic mass is 32.1. The molecule has 6 heteroatoms. The van der Waals surface area contributed by atoms with Gasteiger partial charge in [0.2, 0.25) is 5.91 Å². The Morgan fingerprint density at radius 2 is 2.47 bits per heavy atom. The molecule has 1 amide bonds. The molecule has 1 aliphatic heterocycles. The number of carbonyl (C=O) groups excluding carboxylic acids is 1. The van der Waals surface area contributed by atoms with Crippen LogP contribution in [0.1, 0.15) is 26.7 Å². The first-order valence-electron chi connectivity index (χ1n) is 5.90. The third kappa shape index (κ3) is 2.81. The molecule has 0 spiro atoms. The second kappa shape index (κ2) is 5.10. The fraction of sp³-hybridized carbons (Fsp3) is 0.727. The van der Waals surface area contributed by atoms with Gasteiger partial charge in [-0.3, -0.25) is 4.79 Å². The lowest BCUT2D eigenvalue weighted by atomic mass is 9.74. The van der Waals surface area contributed by atoms with E-state index >= 15 is 0 Å². The van der Waals surface area contributed by atoms with E-state index in [0.717, 1.165) is 25.9 Å². The van der Waals surface area contributed by atoms with Crippen molar-refractivity contribution in [3.8, 4) is 0 Å². The van der Waals surface area contributed by atoms with Crippen LogP contribution in [0.3, 0.4) is 0 Å². The number of carbonyl (C=O) groups is 1. The SMILES string of the molecule is CC(C)(C(=O)Nc1cnns1)C1CCCNC1. The van der Waals surface area contributed by atoms with Crippen molar-refractivity contribution in [2.24, 2.45) is 11.3 Å². The molecule has 94 valence electrons. The lowest BCUT2D eigenvalue weighted by Gasteiger charge is -2.35. The number of amides is 1. The molecule has 0 bridgehead atoms. The smallest absolute Gasteiger partial charge is 0.231 e. The number of hydrogen-bond donors (Lipinski definition) is 2. The molecule has 1 aliphatic rings. The summed E-state index contributed by atoms with van der Waals surface area (Å²) in [5, 5.41) is 10.7. The van der Waals surface area contributed by atoms with Gasteiger partial charge in [0.1, 0.15) is 5.00 Å². The van der Waals surface area contributed by atoms with Gasteiger partial charge < -0.3 is 10.6 Å². The molecular formula is C11H18N4OS. The molecule has 1 atom stereocenters. The first kappa shape index (κ1) is 12.4. The van der Waals surface area contributed by atoms with Crippen LogP contribution in [0, 0.1) is 11.3 Å². The van der Waals surface area contributed by atoms with Crippen molar-refractivity contribution in [2.45, 2.75) is 26.7 Å². The molecule has 2 rings (SSSR count). The summed E-state index contributed by atoms with van der Waals surface area (Å²) in [7, 11) is 0. The van der Waals surface area contributed by atoms with E-state index in [1.54, 1.807) is 6.20 Å². The van der Waals surface area contributed by atoms with Crippen molar-refractivity contribution < 1.29 is 4.79 Å². The zero-order valence-electron chi connectivity index (χ0n) is 10.2. The Labute approximate surface area is 105 Å². The van der Waals surface area contributed by atoms with Crippen LogP contribution in [0.5, 0.6) is 0 Å². The number of hydrogen-bond acceptors (Lipinski definition) is 5. The molecule has 2 N–H and O–H groups in total. The molecule has 0 radical (unpaired) electrons. The van der Waals surface area contributed by atoms with Gasteiger partial charge in [0.05, 0.1) is 6.20 Å². The lowest BCUT2D eigenvalue weighted by Crippen LogP contribution is -2.44. The highest BCUT2D eigenvalue weighted by molar-refractivity contribution is 7.10. The van der Waals surface area contributed by atoms with Crippen molar-refractivity contribution >= 4 is 22.4 Å². The minimum absolute atomic E-state index is 0.0530. The second-order valence-corrected chi connectivity index (χ2v) is 5.79. The Morgan fingerprint density at radius 3 is 3.06 bits per heavy atom. The number of nitrogens with zero attached hydrogens (tertiary/aromatic N) is 2. The Balaban J connectivity index is 2.00. The lowest BCUT2D eigenvalue weighted by molar-refractivity contribution is -0.127. The van der Waals surface area contributed by atoms with Gasteiger partial charge in [-0.15, -0.1) is 5.10 Å². The van der Waals surface area contributed by atoms with Crippen LogP contribution in [0.25, 0.3) is 0 Å². The normalized spacial score (nSPS) is 21.2. The van der Waals surface area contributed by atoms with Crippen LogP contribution in [-0.2, 0) is 4.79 Å². The predicted octanol–water partition coefficient (Wildman–Crippen LogP) is 1.50. The number of nitrogens with one attached hydrogen (secondary N) is 2. The largest absolute Gasteiger partial charge is 0.316 e. The first-order chi connectivity index (χ1) is 8.10. The average molecular weight is 254 g/mol. The van der Waals surface area contributed by atoms with Crippen molar-refractivity contribution in [3.05, 3.63) is 6.20 Å². The molecule has 1 aromatic heterocycles. The summed E-state index contributed by atoms with van der Waals surface area (Å²) < 4.78 is 3.73. The first-order valence-corrected chi connectivity index (χ1v) is 6.67. The molecule has 1 fully saturated rings. The number of aromatic nitrogens is 2. The molecule has 0 aliphatic carbocycles. The quantitative estimate of drug-likeness (QED) is 0.858. The average Bonchev–Trinajstić information content (AvgIpc) is 2.83. The van der Waals surface area contributed by atoms with E-state index in [-0.39, 0.29) is 11.3 Å². The van der Waals surface area contributed by atoms with Crippen LogP contribution < -0.4 is 10.6 Å². The highest BCUT2D eigenvalue weighted by Gasteiger charge is 2.37. The molecular weight excluding hydrogens is 236 g/mol. The van der Waals surface area contributed by atoms with Crippen LogP contribution >= 0.6 is 11.5 Å². The summed E-state index contributed by atoms with van der Waals surface area (Å²) in [6, 6.07) is 0. The fourth-order valence-corrected chi connectivity index (χ4v) is 2.56. The van der Waals surface area contributed by atoms with Gasteiger partial charge in [-0.1, -0.05) is 18.3 Å². The Hall–Kier alpha value is -1.01. The fourth-order valence-electron chi connectivity index (χ4n) is 2.15. The van der Waals surface area contributed by atoms with Gasteiger partial charge in [0.25, 0.3) is 0 Å². The molecule has 1 saturated heterocycles. The molecule has 1 aromatic rings. The zero-order chi connectivity index (χ0) is 12.3. The van der Waals surface area contributed by atoms with Crippen LogP contribution in [0.2, 0.25) is 0 Å². The Kier molecular flexibility index (Phi) is 3.73. The third-order valence-electron chi connectivity index (χ3n) is 3.50. The molecule has 1 unspecified atom stereocenters. The minimum atomic E-state index is -0.364. The summed E-state index contributed by atoms with van der Waals surface area (Å²) in [5.41, 5.74) is -0.364. The van der Waals surface area contributed by atoms with Crippen LogP contribution in [0.4, 0.5) is 5.00 Å². The monoisotopic (exact) mass is 254 g/mol. The van der Waals surface area contributed by atoms with Crippen molar-refractivity contribution in [2.75, 3.05) is 18.4 Å². The van der Waals surface area contributed by atoms with E-state index in [9.17, 15) is 4.79 Å². The Morgan fingerprint density at radius 1 is 1.65 bits per heavy atom. The maximum atomic E-state index is 12.2. The van der Waals surface area contributed by atoms with E-state index in [1.165, 1.54) is 11.5 Å². The van der Waals surface area contributed by atoms with E-state index in [0.29, 0.717) is 10.9 Å². The summed E-state index contributed by atoms with van der Waals surface area (Å²) in [5.74, 6) is 0.439. The molecule has 2 heterocycles. The molecule has 0 aromatic carbocycles. The van der Waals surface area contributed by atoms with E-state index in [2.05, 4.69) is 20.2 Å². The maximum Gasteiger partial charge on any atom is 0.231 e. The van der Waals surface area contributed by atoms with Gasteiger partial charge in [-0.25, -0.2) is 0 Å². The highest BCUT2D eigenvalue weighted by Crippen LogP contribution is 2.33. The van der Waals surface area contributed by atoms with Gasteiger partial charge in [-0.05, 0) is 31.8 Å². The van der Waals surface area contributed by atoms with Crippen molar-refractivity contribution in [1.29, 1.82) is 0 Å². The zero-order valence-corrected chi connectivity index (χ0v) is 11.0. The summed E-state index contributed by atoms with van der Waals surface area (Å²) >= 11 is 1.21. The van der Waals surface area contributed by atoms with Crippen molar-refractivity contribution in [1.82, 2.24) is 14.9 Å². The van der Waals surface area contributed by atoms with Crippen LogP contribution in [0.15, 0.2) is 6.20 Å². The summed E-state index contributed by atoms with van der Waals surface area (Å²) in [6.45, 7) is 6.00. The summed E-state index contributed by atoms with van der Waals surface area (Å²) in [6.07, 6.45) is 3.83. The topological polar surface area (TPSA) is 66.9 Å². The minimum Gasteiger partial charge on any atom is -0.316 e. The van der Waals surface area contributed by atoms with Gasteiger partial charge in [0.15, 0.2) is 0 Å². The molecule has 0 saturated carbocycles. The van der Waals surface area contributed by atoms with Crippen LogP contribution in [-0.4, -0.2) is 28.6 Å². The van der Waals surface area contributed by atoms with E-state index in [1.807, 2.05) is 13.8 Å². The van der Waals surface area contributed by atoms with Crippen molar-refractivity contribution in [3.63, 3.8) is 0 Å². The van der Waals surface area contributed by atoms with Gasteiger partial charge in [0, 0.05) is 16.9 Å². The van der Waals surface area contributed by atoms with E-state index in [4.69, 9.17) is 0 Å². The number of rotatable bonds is 3. The van der Waals surface area contributed by atoms with E-state index < -0.39 is 0 Å². The maximum absolute atomic E-state index is 12.2. The standard InChI is InChI=1S/C11H18N4OS/c1-11(2,8-4-3-5-12-6-8)10(16)14-9-7-13-15-17-9/h7-8,12H,3-6H2,1-2H3,(H,14,16). The third-order valence-corrected chi connectivity index (χ3v) is 4.08. The van der Waals surface area contributed by atoms with Gasteiger partial charge in [-0.2, -0.15) is 0 Å². The number of anilines is 1. The van der Waals surface area contributed by atoms with Gasteiger partial charge >= 0.3 is 0 Å². The number of piperidine rings is 1. The Bertz CT molecular complexity index is 371. The molecule has 5 nitrogen and oxygen atoms in total. The molecule has 17 heavy (non-hydrogen) atoms. The predicted molar refractivity (Wildman–Crippen MR) is 67.9 cm³/mol.